The van der Waals surface area contributed by atoms with Crippen LogP contribution in [0.2, 0.25) is 0 Å². The van der Waals surface area contributed by atoms with Crippen LogP contribution in [-0.4, -0.2) is 24.5 Å². The number of nitrogens with zero attached hydrogens (tertiary/aromatic N) is 2. The molecular formula is C24H22FN3O. The van der Waals surface area contributed by atoms with Crippen LogP contribution in [0.1, 0.15) is 23.7 Å². The van der Waals surface area contributed by atoms with Gasteiger partial charge in [-0.3, -0.25) is 4.79 Å². The van der Waals surface area contributed by atoms with Gasteiger partial charge in [-0.15, -0.1) is 0 Å². The number of aromatic nitrogens is 1. The Kier molecular flexibility index (Phi) is 5.12. The predicted octanol–water partition coefficient (Wildman–Crippen LogP) is 5.58. The molecule has 2 aromatic carbocycles. The van der Waals surface area contributed by atoms with E-state index in [0.29, 0.717) is 11.3 Å². The SMILES string of the molecule is CCCN(C)c1cccc2c3cccc(NC(=O)c4ccc(F)cc4)cc-3nc12. The Balaban J connectivity index is 1.72. The molecule has 0 aromatic heterocycles. The molecule has 0 saturated carbocycles. The minimum Gasteiger partial charge on any atom is -0.373 e. The summed E-state index contributed by atoms with van der Waals surface area (Å²) in [6.07, 6.45) is 1.06. The van der Waals surface area contributed by atoms with Crippen molar-refractivity contribution in [2.24, 2.45) is 0 Å². The average molecular weight is 387 g/mol. The van der Waals surface area contributed by atoms with Gasteiger partial charge < -0.3 is 10.2 Å². The van der Waals surface area contributed by atoms with Crippen molar-refractivity contribution in [2.75, 3.05) is 23.8 Å². The number of fused-ring (bicyclic) bond motifs is 3. The van der Waals surface area contributed by atoms with E-state index in [1.807, 2.05) is 24.3 Å². The summed E-state index contributed by atoms with van der Waals surface area (Å²) in [6.45, 7) is 3.11. The minimum atomic E-state index is -0.370. The molecule has 1 N–H and O–H groups in total. The Morgan fingerprint density at radius 2 is 1.83 bits per heavy atom. The molecular weight excluding hydrogens is 365 g/mol. The fourth-order valence-corrected chi connectivity index (χ4v) is 3.56. The predicted molar refractivity (Wildman–Crippen MR) is 116 cm³/mol. The minimum absolute atomic E-state index is 0.288. The Morgan fingerprint density at radius 1 is 1.07 bits per heavy atom. The first-order chi connectivity index (χ1) is 14.1. The van der Waals surface area contributed by atoms with Gasteiger partial charge in [0, 0.05) is 35.8 Å². The fraction of sp³-hybridized carbons (Fsp3) is 0.167. The molecule has 146 valence electrons. The van der Waals surface area contributed by atoms with E-state index in [0.717, 1.165) is 40.8 Å². The Bertz CT molecular complexity index is 1140. The maximum absolute atomic E-state index is 13.1. The second-order valence-corrected chi connectivity index (χ2v) is 7.09. The molecule has 2 aliphatic rings. The molecule has 0 saturated heterocycles. The molecule has 4 nitrogen and oxygen atoms in total. The van der Waals surface area contributed by atoms with Crippen LogP contribution in [0.25, 0.3) is 22.2 Å². The highest BCUT2D eigenvalue weighted by Crippen LogP contribution is 2.36. The molecule has 0 spiro atoms. The van der Waals surface area contributed by atoms with Crippen molar-refractivity contribution < 1.29 is 9.18 Å². The monoisotopic (exact) mass is 387 g/mol. The average Bonchev–Trinajstić information content (AvgIpc) is 2.93. The Morgan fingerprint density at radius 3 is 2.59 bits per heavy atom. The molecule has 1 amide bonds. The van der Waals surface area contributed by atoms with Gasteiger partial charge >= 0.3 is 0 Å². The summed E-state index contributed by atoms with van der Waals surface area (Å²) in [7, 11) is 2.08. The normalized spacial score (nSPS) is 11.0. The van der Waals surface area contributed by atoms with Crippen molar-refractivity contribution in [1.82, 2.24) is 4.98 Å². The van der Waals surface area contributed by atoms with Gasteiger partial charge in [0.15, 0.2) is 0 Å². The van der Waals surface area contributed by atoms with Crippen molar-refractivity contribution in [3.8, 4) is 11.3 Å². The van der Waals surface area contributed by atoms with E-state index in [2.05, 4.69) is 42.4 Å². The molecule has 0 bridgehead atoms. The third kappa shape index (κ3) is 3.76. The summed E-state index contributed by atoms with van der Waals surface area (Å²) < 4.78 is 13.1. The first kappa shape index (κ1) is 18.9. The van der Waals surface area contributed by atoms with Crippen molar-refractivity contribution in [3.05, 3.63) is 78.1 Å². The van der Waals surface area contributed by atoms with Gasteiger partial charge in [0.1, 0.15) is 5.82 Å². The Labute approximate surface area is 169 Å². The van der Waals surface area contributed by atoms with E-state index in [4.69, 9.17) is 4.98 Å². The van der Waals surface area contributed by atoms with Crippen molar-refractivity contribution in [2.45, 2.75) is 13.3 Å². The van der Waals surface area contributed by atoms with Gasteiger partial charge in [-0.2, -0.15) is 0 Å². The van der Waals surface area contributed by atoms with Crippen LogP contribution < -0.4 is 10.2 Å². The smallest absolute Gasteiger partial charge is 0.255 e. The first-order valence-corrected chi connectivity index (χ1v) is 9.67. The summed E-state index contributed by atoms with van der Waals surface area (Å²) in [5.74, 6) is -0.658. The van der Waals surface area contributed by atoms with Gasteiger partial charge in [-0.1, -0.05) is 31.2 Å². The summed E-state index contributed by atoms with van der Waals surface area (Å²) in [4.78, 5) is 19.6. The second kappa shape index (κ2) is 7.87. The molecule has 4 rings (SSSR count). The zero-order valence-corrected chi connectivity index (χ0v) is 16.4. The van der Waals surface area contributed by atoms with Crippen LogP contribution in [0.4, 0.5) is 15.8 Å². The van der Waals surface area contributed by atoms with Crippen LogP contribution in [-0.2, 0) is 0 Å². The highest BCUT2D eigenvalue weighted by molar-refractivity contribution is 6.06. The molecule has 0 atom stereocenters. The van der Waals surface area contributed by atoms with E-state index in [9.17, 15) is 9.18 Å². The number of hydrogen-bond acceptors (Lipinski definition) is 3. The lowest BCUT2D eigenvalue weighted by atomic mass is 10.1. The second-order valence-electron chi connectivity index (χ2n) is 7.09. The van der Waals surface area contributed by atoms with Crippen molar-refractivity contribution in [1.29, 1.82) is 0 Å². The van der Waals surface area contributed by atoms with Crippen LogP contribution in [0.5, 0.6) is 0 Å². The number of carbonyl (C=O) groups is 1. The molecule has 0 fully saturated rings. The number of carbonyl (C=O) groups excluding carboxylic acids is 1. The van der Waals surface area contributed by atoms with Gasteiger partial charge in [-0.05, 0) is 48.9 Å². The third-order valence-electron chi connectivity index (χ3n) is 4.98. The molecule has 5 heteroatoms. The van der Waals surface area contributed by atoms with E-state index < -0.39 is 0 Å². The standard InChI is InChI=1S/C24H22FN3O/c1-3-14-28(2)22-9-5-8-20-19-7-4-6-18(15-21(19)27-23(20)22)26-24(29)16-10-12-17(25)13-11-16/h4-13,15H,3,14H2,1-2H3,(H,26,29). The lowest BCUT2D eigenvalue weighted by Gasteiger charge is -2.18. The number of hydrogen-bond donors (Lipinski definition) is 1. The first-order valence-electron chi connectivity index (χ1n) is 9.67. The van der Waals surface area contributed by atoms with Gasteiger partial charge in [0.2, 0.25) is 0 Å². The topological polar surface area (TPSA) is 45.2 Å². The maximum atomic E-state index is 13.1. The van der Waals surface area contributed by atoms with E-state index in [1.54, 1.807) is 0 Å². The summed E-state index contributed by atoms with van der Waals surface area (Å²) in [5.41, 5.74) is 4.95. The highest BCUT2D eigenvalue weighted by atomic mass is 19.1. The molecule has 0 radical (unpaired) electrons. The van der Waals surface area contributed by atoms with Gasteiger partial charge in [-0.25, -0.2) is 9.37 Å². The van der Waals surface area contributed by atoms with Crippen LogP contribution in [0.15, 0.2) is 66.7 Å². The number of nitrogens with one attached hydrogen (secondary N) is 1. The molecule has 0 unspecified atom stereocenters. The van der Waals surface area contributed by atoms with Gasteiger partial charge in [0.25, 0.3) is 5.91 Å². The van der Waals surface area contributed by atoms with Crippen LogP contribution >= 0.6 is 0 Å². The number of amides is 1. The molecule has 2 aromatic rings. The number of halogens is 1. The third-order valence-corrected chi connectivity index (χ3v) is 4.98. The number of benzene rings is 2. The molecule has 1 aliphatic carbocycles. The quantitative estimate of drug-likeness (QED) is 0.486. The lowest BCUT2D eigenvalue weighted by molar-refractivity contribution is 0.102. The summed E-state index contributed by atoms with van der Waals surface area (Å²) in [6, 6.07) is 19.3. The van der Waals surface area contributed by atoms with Crippen LogP contribution in [0, 0.1) is 5.82 Å². The van der Waals surface area contributed by atoms with Crippen LogP contribution in [0.3, 0.4) is 0 Å². The lowest BCUT2D eigenvalue weighted by Crippen LogP contribution is -2.17. The maximum Gasteiger partial charge on any atom is 0.255 e. The zero-order chi connectivity index (χ0) is 20.4. The fourth-order valence-electron chi connectivity index (χ4n) is 3.56. The van der Waals surface area contributed by atoms with Gasteiger partial charge in [0.05, 0.1) is 16.9 Å². The highest BCUT2D eigenvalue weighted by Gasteiger charge is 2.16. The van der Waals surface area contributed by atoms with E-state index in [-0.39, 0.29) is 11.7 Å². The largest absolute Gasteiger partial charge is 0.373 e. The van der Waals surface area contributed by atoms with E-state index >= 15 is 0 Å². The van der Waals surface area contributed by atoms with Crippen molar-refractivity contribution in [3.63, 3.8) is 0 Å². The summed E-state index contributed by atoms with van der Waals surface area (Å²) >= 11 is 0. The van der Waals surface area contributed by atoms with Crippen molar-refractivity contribution >= 4 is 28.2 Å². The van der Waals surface area contributed by atoms with E-state index in [1.165, 1.54) is 24.3 Å². The molecule has 1 heterocycles. The Hall–Kier alpha value is -3.47. The number of rotatable bonds is 5. The number of anilines is 2. The zero-order valence-electron chi connectivity index (χ0n) is 16.4. The summed E-state index contributed by atoms with van der Waals surface area (Å²) in [5, 5.41) is 3.97. The molecule has 1 aliphatic heterocycles. The number of para-hydroxylation sites is 1. The molecule has 29 heavy (non-hydrogen) atoms.